The standard InChI is InChI=1S/C11H6Cl2N2O3/c12-8-4-3-7(6-9(8)13)18-11-10(15(16)17)2-1-5-14-11/h1-6H. The van der Waals surface area contributed by atoms with Crippen LogP contribution in [0.15, 0.2) is 36.5 Å². The maximum atomic E-state index is 10.8. The van der Waals surface area contributed by atoms with Crippen LogP contribution in [-0.2, 0) is 0 Å². The molecule has 92 valence electrons. The lowest BCUT2D eigenvalue weighted by Gasteiger charge is -2.05. The zero-order chi connectivity index (χ0) is 13.1. The maximum absolute atomic E-state index is 10.8. The predicted octanol–water partition coefficient (Wildman–Crippen LogP) is 4.09. The number of halogens is 2. The number of nitrogens with zero attached hydrogens (tertiary/aromatic N) is 2. The van der Waals surface area contributed by atoms with E-state index in [1.807, 2.05) is 0 Å². The Bertz CT molecular complexity index is 605. The predicted molar refractivity (Wildman–Crippen MR) is 67.4 cm³/mol. The van der Waals surface area contributed by atoms with Gasteiger partial charge in [-0.05, 0) is 18.2 Å². The summed E-state index contributed by atoms with van der Waals surface area (Å²) < 4.78 is 5.31. The summed E-state index contributed by atoms with van der Waals surface area (Å²) in [5.74, 6) is 0.229. The van der Waals surface area contributed by atoms with Crippen LogP contribution in [0.3, 0.4) is 0 Å². The van der Waals surface area contributed by atoms with Crippen molar-refractivity contribution >= 4 is 28.9 Å². The first-order valence-corrected chi connectivity index (χ1v) is 5.56. The fraction of sp³-hybridized carbons (Fsp3) is 0. The Morgan fingerprint density at radius 2 is 2.00 bits per heavy atom. The molecule has 18 heavy (non-hydrogen) atoms. The Hall–Kier alpha value is -1.85. The lowest BCUT2D eigenvalue weighted by Crippen LogP contribution is -1.95. The summed E-state index contributed by atoms with van der Waals surface area (Å²) >= 11 is 11.6. The number of hydrogen-bond donors (Lipinski definition) is 0. The molecule has 2 rings (SSSR count). The van der Waals surface area contributed by atoms with Crippen molar-refractivity contribution in [3.05, 3.63) is 56.7 Å². The molecule has 0 unspecified atom stereocenters. The highest BCUT2D eigenvalue weighted by Crippen LogP contribution is 2.32. The molecule has 0 spiro atoms. The highest BCUT2D eigenvalue weighted by Gasteiger charge is 2.16. The minimum atomic E-state index is -0.570. The van der Waals surface area contributed by atoms with E-state index in [1.54, 1.807) is 6.07 Å². The number of hydrogen-bond acceptors (Lipinski definition) is 4. The summed E-state index contributed by atoms with van der Waals surface area (Å²) in [6, 6.07) is 7.31. The number of rotatable bonds is 3. The molecule has 7 heteroatoms. The van der Waals surface area contributed by atoms with Crippen LogP contribution in [0.5, 0.6) is 11.6 Å². The fourth-order valence-electron chi connectivity index (χ4n) is 1.25. The first-order valence-electron chi connectivity index (χ1n) is 4.80. The molecule has 0 fully saturated rings. The number of ether oxygens (including phenoxy) is 1. The van der Waals surface area contributed by atoms with E-state index < -0.39 is 4.92 Å². The third-order valence-electron chi connectivity index (χ3n) is 2.05. The summed E-state index contributed by atoms with van der Waals surface area (Å²) in [6.45, 7) is 0. The molecule has 0 aliphatic carbocycles. The van der Waals surface area contributed by atoms with Gasteiger partial charge < -0.3 is 4.74 Å². The SMILES string of the molecule is O=[N+]([O-])c1cccnc1Oc1ccc(Cl)c(Cl)c1. The van der Waals surface area contributed by atoms with Gasteiger partial charge in [0, 0.05) is 18.3 Å². The van der Waals surface area contributed by atoms with Gasteiger partial charge in [0.05, 0.1) is 15.0 Å². The molecule has 1 aromatic carbocycles. The van der Waals surface area contributed by atoms with E-state index in [4.69, 9.17) is 27.9 Å². The minimum absolute atomic E-state index is 0.0964. The highest BCUT2D eigenvalue weighted by atomic mass is 35.5. The average molecular weight is 285 g/mol. The van der Waals surface area contributed by atoms with Gasteiger partial charge in [0.25, 0.3) is 5.88 Å². The zero-order valence-corrected chi connectivity index (χ0v) is 10.4. The number of benzene rings is 1. The van der Waals surface area contributed by atoms with Crippen LogP contribution >= 0.6 is 23.2 Å². The fourth-order valence-corrected chi connectivity index (χ4v) is 1.54. The van der Waals surface area contributed by atoms with Crippen molar-refractivity contribution in [2.75, 3.05) is 0 Å². The van der Waals surface area contributed by atoms with Crippen LogP contribution in [0.4, 0.5) is 5.69 Å². The van der Waals surface area contributed by atoms with Crippen LogP contribution in [-0.4, -0.2) is 9.91 Å². The number of pyridine rings is 1. The summed E-state index contributed by atoms with van der Waals surface area (Å²) in [7, 11) is 0. The van der Waals surface area contributed by atoms with E-state index in [0.29, 0.717) is 15.8 Å². The van der Waals surface area contributed by atoms with Crippen LogP contribution in [0.2, 0.25) is 10.0 Å². The smallest absolute Gasteiger partial charge is 0.331 e. The molecule has 0 N–H and O–H groups in total. The molecule has 5 nitrogen and oxygen atoms in total. The quantitative estimate of drug-likeness (QED) is 0.629. The molecule has 0 saturated carbocycles. The van der Waals surface area contributed by atoms with E-state index >= 15 is 0 Å². The van der Waals surface area contributed by atoms with Crippen LogP contribution in [0, 0.1) is 10.1 Å². The van der Waals surface area contributed by atoms with E-state index in [2.05, 4.69) is 4.98 Å². The van der Waals surface area contributed by atoms with E-state index in [-0.39, 0.29) is 11.6 Å². The Labute approximate surface area is 112 Å². The van der Waals surface area contributed by atoms with E-state index in [1.165, 1.54) is 30.5 Å². The highest BCUT2D eigenvalue weighted by molar-refractivity contribution is 6.42. The molecule has 0 aliphatic heterocycles. The molecule has 0 bridgehead atoms. The molecular formula is C11H6Cl2N2O3. The second-order valence-electron chi connectivity index (χ2n) is 3.26. The Morgan fingerprint density at radius 1 is 1.22 bits per heavy atom. The molecule has 0 radical (unpaired) electrons. The van der Waals surface area contributed by atoms with Crippen molar-refractivity contribution in [3.63, 3.8) is 0 Å². The van der Waals surface area contributed by atoms with Crippen molar-refractivity contribution in [2.45, 2.75) is 0 Å². The van der Waals surface area contributed by atoms with Crippen molar-refractivity contribution in [3.8, 4) is 11.6 Å². The van der Waals surface area contributed by atoms with Gasteiger partial charge in [-0.3, -0.25) is 10.1 Å². The van der Waals surface area contributed by atoms with Crippen LogP contribution in [0.25, 0.3) is 0 Å². The van der Waals surface area contributed by atoms with Crippen molar-refractivity contribution < 1.29 is 9.66 Å². The first-order chi connectivity index (χ1) is 8.58. The van der Waals surface area contributed by atoms with Crippen LogP contribution in [0.1, 0.15) is 0 Å². The van der Waals surface area contributed by atoms with Crippen LogP contribution < -0.4 is 4.74 Å². The van der Waals surface area contributed by atoms with Gasteiger partial charge in [0.15, 0.2) is 0 Å². The Morgan fingerprint density at radius 3 is 2.67 bits per heavy atom. The third-order valence-corrected chi connectivity index (χ3v) is 2.79. The van der Waals surface area contributed by atoms with Gasteiger partial charge >= 0.3 is 5.69 Å². The first kappa shape index (κ1) is 12.6. The minimum Gasteiger partial charge on any atom is -0.434 e. The van der Waals surface area contributed by atoms with Gasteiger partial charge in [-0.1, -0.05) is 23.2 Å². The summed E-state index contributed by atoms with van der Waals surface area (Å²) in [4.78, 5) is 14.0. The summed E-state index contributed by atoms with van der Waals surface area (Å²) in [5.41, 5.74) is -0.219. The van der Waals surface area contributed by atoms with Crippen molar-refractivity contribution in [1.29, 1.82) is 0 Å². The lowest BCUT2D eigenvalue weighted by atomic mass is 10.3. The van der Waals surface area contributed by atoms with Crippen molar-refractivity contribution in [2.24, 2.45) is 0 Å². The average Bonchev–Trinajstić information content (AvgIpc) is 2.34. The third kappa shape index (κ3) is 2.69. The Kier molecular flexibility index (Phi) is 3.64. The molecule has 1 heterocycles. The normalized spacial score (nSPS) is 10.1. The van der Waals surface area contributed by atoms with Gasteiger partial charge in [-0.2, -0.15) is 0 Å². The van der Waals surface area contributed by atoms with E-state index in [9.17, 15) is 10.1 Å². The van der Waals surface area contributed by atoms with Gasteiger partial charge in [-0.25, -0.2) is 4.98 Å². The lowest BCUT2D eigenvalue weighted by molar-refractivity contribution is -0.386. The Balaban J connectivity index is 2.34. The molecule has 0 amide bonds. The molecule has 0 aliphatic rings. The number of aromatic nitrogens is 1. The largest absolute Gasteiger partial charge is 0.434 e. The number of nitro groups is 1. The zero-order valence-electron chi connectivity index (χ0n) is 8.84. The second-order valence-corrected chi connectivity index (χ2v) is 4.08. The molecule has 0 saturated heterocycles. The monoisotopic (exact) mass is 284 g/mol. The second kappa shape index (κ2) is 5.20. The van der Waals surface area contributed by atoms with Crippen molar-refractivity contribution in [1.82, 2.24) is 4.98 Å². The van der Waals surface area contributed by atoms with E-state index in [0.717, 1.165) is 0 Å². The topological polar surface area (TPSA) is 65.3 Å². The summed E-state index contributed by atoms with van der Waals surface area (Å²) in [6.07, 6.45) is 1.40. The molecule has 0 atom stereocenters. The molecular weight excluding hydrogens is 279 g/mol. The van der Waals surface area contributed by atoms with Gasteiger partial charge in [0.2, 0.25) is 0 Å². The van der Waals surface area contributed by atoms with Gasteiger partial charge in [0.1, 0.15) is 5.75 Å². The molecule has 2 aromatic rings. The maximum Gasteiger partial charge on any atom is 0.331 e. The van der Waals surface area contributed by atoms with Gasteiger partial charge in [-0.15, -0.1) is 0 Å². The summed E-state index contributed by atoms with van der Waals surface area (Å²) in [5, 5.41) is 11.4. The molecule has 1 aromatic heterocycles.